The van der Waals surface area contributed by atoms with E-state index in [1.807, 2.05) is 18.2 Å². The summed E-state index contributed by atoms with van der Waals surface area (Å²) in [7, 11) is 1.71. The normalized spacial score (nSPS) is 16.4. The van der Waals surface area contributed by atoms with E-state index in [1.165, 1.54) is 16.8 Å². The molecule has 0 saturated heterocycles. The second kappa shape index (κ2) is 6.81. The van der Waals surface area contributed by atoms with Crippen LogP contribution >= 0.6 is 11.6 Å². The lowest BCUT2D eigenvalue weighted by molar-refractivity contribution is 0.413. The maximum Gasteiger partial charge on any atom is 0.119 e. The molecule has 1 aliphatic heterocycles. The Morgan fingerprint density at radius 1 is 0.920 bits per heavy atom. The number of hydrogen-bond donors (Lipinski definition) is 0. The predicted molar refractivity (Wildman–Crippen MR) is 104 cm³/mol. The average Bonchev–Trinajstić information content (AvgIpc) is 2.68. The number of benzene rings is 3. The molecule has 3 aromatic rings. The van der Waals surface area contributed by atoms with Crippen molar-refractivity contribution < 1.29 is 4.74 Å². The van der Waals surface area contributed by atoms with Crippen molar-refractivity contribution in [1.29, 1.82) is 0 Å². The highest BCUT2D eigenvalue weighted by Crippen LogP contribution is 2.41. The fourth-order valence-electron chi connectivity index (χ4n) is 3.66. The number of fused-ring (bicyclic) bond motifs is 1. The molecule has 4 rings (SSSR count). The van der Waals surface area contributed by atoms with E-state index < -0.39 is 0 Å². The monoisotopic (exact) mass is 349 g/mol. The van der Waals surface area contributed by atoms with Crippen molar-refractivity contribution in [1.82, 2.24) is 0 Å². The average molecular weight is 350 g/mol. The summed E-state index contributed by atoms with van der Waals surface area (Å²) in [4.78, 5) is 2.44. The third-order valence-corrected chi connectivity index (χ3v) is 5.21. The van der Waals surface area contributed by atoms with Gasteiger partial charge in [0.15, 0.2) is 0 Å². The van der Waals surface area contributed by atoms with E-state index in [0.717, 1.165) is 29.3 Å². The van der Waals surface area contributed by atoms with Gasteiger partial charge in [0.05, 0.1) is 13.2 Å². The van der Waals surface area contributed by atoms with Crippen LogP contribution in [0.5, 0.6) is 5.75 Å². The highest BCUT2D eigenvalue weighted by molar-refractivity contribution is 6.31. The molecule has 0 amide bonds. The van der Waals surface area contributed by atoms with Crippen LogP contribution < -0.4 is 9.64 Å². The van der Waals surface area contributed by atoms with Crippen LogP contribution in [0.4, 0.5) is 5.69 Å². The molecule has 1 atom stereocenters. The lowest BCUT2D eigenvalue weighted by atomic mass is 9.87. The number of rotatable bonds is 3. The van der Waals surface area contributed by atoms with Crippen molar-refractivity contribution in [2.75, 3.05) is 18.6 Å². The Morgan fingerprint density at radius 2 is 1.68 bits per heavy atom. The summed E-state index contributed by atoms with van der Waals surface area (Å²) >= 11 is 6.58. The number of para-hydroxylation sites is 1. The van der Waals surface area contributed by atoms with Gasteiger partial charge in [0.1, 0.15) is 5.75 Å². The van der Waals surface area contributed by atoms with Crippen LogP contribution in [-0.4, -0.2) is 13.7 Å². The van der Waals surface area contributed by atoms with Crippen molar-refractivity contribution >= 4 is 17.3 Å². The summed E-state index contributed by atoms with van der Waals surface area (Å²) in [6.45, 7) is 0.945. The molecule has 0 radical (unpaired) electrons. The van der Waals surface area contributed by atoms with Crippen LogP contribution in [0.2, 0.25) is 5.02 Å². The van der Waals surface area contributed by atoms with Gasteiger partial charge < -0.3 is 9.64 Å². The summed E-state index contributed by atoms with van der Waals surface area (Å²) in [5.74, 6) is 0.907. The minimum absolute atomic E-state index is 0.103. The van der Waals surface area contributed by atoms with E-state index in [9.17, 15) is 0 Å². The number of halogens is 1. The molecule has 0 saturated carbocycles. The van der Waals surface area contributed by atoms with Gasteiger partial charge in [-0.3, -0.25) is 0 Å². The highest BCUT2D eigenvalue weighted by Gasteiger charge is 2.30. The number of anilines is 1. The molecule has 25 heavy (non-hydrogen) atoms. The Kier molecular flexibility index (Phi) is 4.37. The first-order valence-corrected chi connectivity index (χ1v) is 8.88. The second-order valence-corrected chi connectivity index (χ2v) is 6.67. The largest absolute Gasteiger partial charge is 0.497 e. The van der Waals surface area contributed by atoms with Gasteiger partial charge in [0, 0.05) is 17.3 Å². The molecule has 1 aliphatic rings. The first kappa shape index (κ1) is 16.0. The van der Waals surface area contributed by atoms with Crippen molar-refractivity contribution in [2.45, 2.75) is 12.5 Å². The summed E-state index contributed by atoms with van der Waals surface area (Å²) < 4.78 is 5.42. The van der Waals surface area contributed by atoms with Crippen LogP contribution in [0.25, 0.3) is 0 Å². The third kappa shape index (κ3) is 2.98. The van der Waals surface area contributed by atoms with Gasteiger partial charge in [-0.2, -0.15) is 0 Å². The molecular weight excluding hydrogens is 330 g/mol. The van der Waals surface area contributed by atoms with E-state index >= 15 is 0 Å². The van der Waals surface area contributed by atoms with Crippen molar-refractivity contribution in [3.63, 3.8) is 0 Å². The zero-order valence-corrected chi connectivity index (χ0v) is 14.9. The second-order valence-electron chi connectivity index (χ2n) is 6.27. The maximum absolute atomic E-state index is 6.58. The van der Waals surface area contributed by atoms with Gasteiger partial charge in [-0.15, -0.1) is 0 Å². The van der Waals surface area contributed by atoms with Crippen molar-refractivity contribution in [3.8, 4) is 5.75 Å². The molecule has 3 heteroatoms. The summed E-state index contributed by atoms with van der Waals surface area (Å²) in [6, 6.07) is 25.2. The fraction of sp³-hybridized carbons (Fsp3) is 0.182. The first-order chi connectivity index (χ1) is 12.3. The summed E-state index contributed by atoms with van der Waals surface area (Å²) in [5, 5.41) is 0.803. The lowest BCUT2D eigenvalue weighted by Crippen LogP contribution is -2.36. The quantitative estimate of drug-likeness (QED) is 0.619. The number of ether oxygens (including phenoxy) is 1. The van der Waals surface area contributed by atoms with Crippen LogP contribution in [0.15, 0.2) is 72.8 Å². The van der Waals surface area contributed by atoms with Crippen LogP contribution in [0, 0.1) is 0 Å². The van der Waals surface area contributed by atoms with E-state index in [2.05, 4.69) is 59.5 Å². The molecule has 2 nitrogen and oxygen atoms in total. The van der Waals surface area contributed by atoms with E-state index in [1.54, 1.807) is 7.11 Å². The van der Waals surface area contributed by atoms with E-state index in [4.69, 9.17) is 16.3 Å². The SMILES string of the molecule is COc1ccc2c(c1)CCN(c1ccccc1)C2c1ccccc1Cl. The molecule has 1 unspecified atom stereocenters. The molecule has 0 bridgehead atoms. The highest BCUT2D eigenvalue weighted by atomic mass is 35.5. The molecule has 0 fully saturated rings. The zero-order valence-electron chi connectivity index (χ0n) is 14.2. The first-order valence-electron chi connectivity index (χ1n) is 8.51. The Morgan fingerprint density at radius 3 is 2.44 bits per heavy atom. The number of methoxy groups -OCH3 is 1. The Hall–Kier alpha value is -2.45. The Bertz CT molecular complexity index is 878. The molecule has 1 heterocycles. The minimum Gasteiger partial charge on any atom is -0.497 e. The number of hydrogen-bond acceptors (Lipinski definition) is 2. The molecule has 0 aromatic heterocycles. The summed E-state index contributed by atoms with van der Waals surface area (Å²) in [6.07, 6.45) is 0.988. The standard InChI is InChI=1S/C22H20ClNO/c1-25-18-11-12-19-16(15-18)13-14-24(17-7-3-2-4-8-17)22(19)20-9-5-6-10-21(20)23/h2-12,15,22H,13-14H2,1H3. The van der Waals surface area contributed by atoms with Gasteiger partial charge in [-0.1, -0.05) is 54.1 Å². The van der Waals surface area contributed by atoms with Crippen LogP contribution in [0.3, 0.4) is 0 Å². The molecule has 0 spiro atoms. The molecule has 3 aromatic carbocycles. The lowest BCUT2D eigenvalue weighted by Gasteiger charge is -2.40. The third-order valence-electron chi connectivity index (χ3n) is 4.87. The van der Waals surface area contributed by atoms with E-state index in [-0.39, 0.29) is 6.04 Å². The zero-order chi connectivity index (χ0) is 17.2. The van der Waals surface area contributed by atoms with Gasteiger partial charge in [-0.05, 0) is 53.4 Å². The van der Waals surface area contributed by atoms with Gasteiger partial charge in [-0.25, -0.2) is 0 Å². The van der Waals surface area contributed by atoms with Gasteiger partial charge in [0.25, 0.3) is 0 Å². The minimum atomic E-state index is 0.103. The maximum atomic E-state index is 6.58. The smallest absolute Gasteiger partial charge is 0.119 e. The topological polar surface area (TPSA) is 12.5 Å². The molecular formula is C22H20ClNO. The van der Waals surface area contributed by atoms with Gasteiger partial charge in [0.2, 0.25) is 0 Å². The number of nitrogens with zero attached hydrogens (tertiary/aromatic N) is 1. The predicted octanol–water partition coefficient (Wildman–Crippen LogP) is 5.50. The molecule has 0 N–H and O–H groups in total. The summed E-state index contributed by atoms with van der Waals surface area (Å²) in [5.41, 5.74) is 4.98. The van der Waals surface area contributed by atoms with Crippen molar-refractivity contribution in [3.05, 3.63) is 94.5 Å². The van der Waals surface area contributed by atoms with Crippen LogP contribution in [-0.2, 0) is 6.42 Å². The molecule has 0 aliphatic carbocycles. The van der Waals surface area contributed by atoms with Gasteiger partial charge >= 0.3 is 0 Å². The fourth-order valence-corrected chi connectivity index (χ4v) is 3.90. The van der Waals surface area contributed by atoms with Crippen molar-refractivity contribution in [2.24, 2.45) is 0 Å². The van der Waals surface area contributed by atoms with E-state index in [0.29, 0.717) is 0 Å². The van der Waals surface area contributed by atoms with Crippen LogP contribution in [0.1, 0.15) is 22.7 Å². The Labute approximate surface area is 153 Å². The Balaban J connectivity index is 1.88. The molecule has 126 valence electrons.